The molecular weight excluding hydrogens is 450 g/mol. The molecule has 0 bridgehead atoms. The summed E-state index contributed by atoms with van der Waals surface area (Å²) < 4.78 is 8.45. The molecule has 0 radical (unpaired) electrons. The van der Waals surface area contributed by atoms with Crippen LogP contribution in [0.25, 0.3) is 26.1 Å². The molecule has 1 aromatic carbocycles. The zero-order chi connectivity index (χ0) is 23.1. The first-order valence-electron chi connectivity index (χ1n) is 11.6. The second kappa shape index (κ2) is 8.83. The molecule has 1 N–H and O–H groups in total. The number of morpholine rings is 1. The van der Waals surface area contributed by atoms with Gasteiger partial charge in [-0.25, -0.2) is 4.98 Å². The number of para-hydroxylation sites is 1. The molecule has 1 saturated heterocycles. The van der Waals surface area contributed by atoms with E-state index in [2.05, 4.69) is 27.3 Å². The van der Waals surface area contributed by atoms with Gasteiger partial charge in [0.25, 0.3) is 5.91 Å². The fourth-order valence-electron chi connectivity index (χ4n) is 4.67. The third-order valence-corrected chi connectivity index (χ3v) is 7.59. The van der Waals surface area contributed by atoms with E-state index in [4.69, 9.17) is 9.72 Å². The van der Waals surface area contributed by atoms with E-state index < -0.39 is 0 Å². The Labute approximate surface area is 200 Å². The van der Waals surface area contributed by atoms with Gasteiger partial charge in [0.05, 0.1) is 28.8 Å². The van der Waals surface area contributed by atoms with Crippen LogP contribution in [0.4, 0.5) is 5.82 Å². The Morgan fingerprint density at radius 2 is 1.88 bits per heavy atom. The lowest BCUT2D eigenvalue weighted by Gasteiger charge is -2.28. The molecule has 2 aliphatic heterocycles. The smallest absolute Gasteiger partial charge is 0.258 e. The number of hydrogen-bond donors (Lipinski definition) is 1. The molecule has 6 rings (SSSR count). The molecular formula is C25H25N5O3S. The third kappa shape index (κ3) is 3.66. The van der Waals surface area contributed by atoms with Crippen molar-refractivity contribution in [2.45, 2.75) is 0 Å². The van der Waals surface area contributed by atoms with Crippen molar-refractivity contribution in [3.05, 3.63) is 64.3 Å². The number of nitrogens with one attached hydrogen (secondary N) is 1. The molecule has 0 unspecified atom stereocenters. The van der Waals surface area contributed by atoms with Gasteiger partial charge in [-0.15, -0.1) is 11.3 Å². The predicted octanol–water partition coefficient (Wildman–Crippen LogP) is 2.50. The van der Waals surface area contributed by atoms with Crippen molar-refractivity contribution in [1.29, 1.82) is 0 Å². The molecule has 0 spiro atoms. The lowest BCUT2D eigenvalue weighted by molar-refractivity contribution is 0.0950. The topological polar surface area (TPSA) is 79.2 Å². The number of ether oxygens (including phenoxy) is 1. The van der Waals surface area contributed by atoms with Gasteiger partial charge in [0.2, 0.25) is 5.43 Å². The number of rotatable bonds is 5. The molecule has 5 heterocycles. The van der Waals surface area contributed by atoms with Crippen molar-refractivity contribution >= 4 is 49.1 Å². The number of benzene rings is 1. The number of carbonyl (C=O) groups excluding carboxylic acids is 1. The van der Waals surface area contributed by atoms with Crippen LogP contribution in [0.2, 0.25) is 0 Å². The molecule has 9 heteroatoms. The largest absolute Gasteiger partial charge is 0.378 e. The minimum Gasteiger partial charge on any atom is -0.378 e. The van der Waals surface area contributed by atoms with Crippen LogP contribution in [0.5, 0.6) is 0 Å². The summed E-state index contributed by atoms with van der Waals surface area (Å²) in [5.74, 6) is 0.482. The molecule has 1 fully saturated rings. The first-order chi connectivity index (χ1) is 16.7. The van der Waals surface area contributed by atoms with Crippen LogP contribution in [-0.4, -0.2) is 72.7 Å². The maximum atomic E-state index is 13.6. The molecule has 3 aromatic heterocycles. The SMILES string of the molecule is O=C(NCCN1CC=CC1)c1c(=O)c2ccc(N3CCOCC3)nc2n2c1sc1ccccc12. The second-order valence-corrected chi connectivity index (χ2v) is 9.57. The molecule has 0 aliphatic carbocycles. The molecule has 2 aliphatic rings. The highest BCUT2D eigenvalue weighted by Crippen LogP contribution is 2.31. The number of anilines is 1. The van der Waals surface area contributed by atoms with Crippen molar-refractivity contribution < 1.29 is 9.53 Å². The van der Waals surface area contributed by atoms with Gasteiger partial charge in [-0.3, -0.25) is 18.9 Å². The Balaban J connectivity index is 1.47. The number of nitrogens with zero attached hydrogens (tertiary/aromatic N) is 4. The minimum atomic E-state index is -0.333. The summed E-state index contributed by atoms with van der Waals surface area (Å²) in [6, 6.07) is 11.6. The Morgan fingerprint density at radius 3 is 2.71 bits per heavy atom. The predicted molar refractivity (Wildman–Crippen MR) is 135 cm³/mol. The Kier molecular flexibility index (Phi) is 5.52. The number of pyridine rings is 2. The highest BCUT2D eigenvalue weighted by atomic mass is 32.1. The molecule has 0 saturated carbocycles. The van der Waals surface area contributed by atoms with Gasteiger partial charge in [-0.2, -0.15) is 0 Å². The second-order valence-electron chi connectivity index (χ2n) is 8.54. The van der Waals surface area contributed by atoms with Crippen LogP contribution in [-0.2, 0) is 4.74 Å². The van der Waals surface area contributed by atoms with Gasteiger partial charge in [0, 0.05) is 39.3 Å². The summed E-state index contributed by atoms with van der Waals surface area (Å²) >= 11 is 1.45. The molecule has 0 atom stereocenters. The van der Waals surface area contributed by atoms with Crippen molar-refractivity contribution in [2.75, 3.05) is 57.4 Å². The highest BCUT2D eigenvalue weighted by Gasteiger charge is 2.23. The van der Waals surface area contributed by atoms with Gasteiger partial charge < -0.3 is 15.0 Å². The van der Waals surface area contributed by atoms with Gasteiger partial charge in [0.1, 0.15) is 16.2 Å². The van der Waals surface area contributed by atoms with E-state index >= 15 is 0 Å². The number of fused-ring (bicyclic) bond motifs is 5. The maximum Gasteiger partial charge on any atom is 0.258 e. The number of aromatic nitrogens is 2. The standard InChI is InChI=1S/C25H25N5O3S/c31-22-17-7-8-20(29-13-15-33-16-14-29)27-23(17)30-18-5-1-2-6-19(18)34-25(30)21(22)24(32)26-9-12-28-10-3-4-11-28/h1-8H,9-16H2,(H,26,32). The zero-order valence-electron chi connectivity index (χ0n) is 18.7. The van der Waals surface area contributed by atoms with E-state index in [0.717, 1.165) is 48.8 Å². The van der Waals surface area contributed by atoms with Crippen LogP contribution in [0.1, 0.15) is 10.4 Å². The van der Waals surface area contributed by atoms with Crippen LogP contribution >= 0.6 is 11.3 Å². The van der Waals surface area contributed by atoms with E-state index in [1.54, 1.807) is 6.07 Å². The summed E-state index contributed by atoms with van der Waals surface area (Å²) in [5, 5.41) is 3.42. The minimum absolute atomic E-state index is 0.189. The molecule has 34 heavy (non-hydrogen) atoms. The number of carbonyl (C=O) groups is 1. The summed E-state index contributed by atoms with van der Waals surface area (Å²) in [4.78, 5) is 36.9. The first-order valence-corrected chi connectivity index (χ1v) is 12.4. The van der Waals surface area contributed by atoms with Crippen molar-refractivity contribution in [3.63, 3.8) is 0 Å². The van der Waals surface area contributed by atoms with Crippen LogP contribution in [0.3, 0.4) is 0 Å². The van der Waals surface area contributed by atoms with Gasteiger partial charge in [-0.1, -0.05) is 24.3 Å². The van der Waals surface area contributed by atoms with Gasteiger partial charge in [0.15, 0.2) is 5.65 Å². The average molecular weight is 476 g/mol. The Bertz CT molecular complexity index is 1480. The lowest BCUT2D eigenvalue weighted by Crippen LogP contribution is -2.37. The van der Waals surface area contributed by atoms with E-state index in [1.807, 2.05) is 34.7 Å². The lowest BCUT2D eigenvalue weighted by atomic mass is 10.1. The van der Waals surface area contributed by atoms with Crippen LogP contribution in [0, 0.1) is 0 Å². The molecule has 174 valence electrons. The number of hydrogen-bond acceptors (Lipinski definition) is 7. The average Bonchev–Trinajstić information content (AvgIpc) is 3.52. The number of amides is 1. The van der Waals surface area contributed by atoms with E-state index in [0.29, 0.717) is 35.6 Å². The Hall–Kier alpha value is -3.27. The number of thiazole rings is 1. The quantitative estimate of drug-likeness (QED) is 0.447. The molecule has 1 amide bonds. The zero-order valence-corrected chi connectivity index (χ0v) is 19.5. The van der Waals surface area contributed by atoms with Gasteiger partial charge >= 0.3 is 0 Å². The fourth-order valence-corrected chi connectivity index (χ4v) is 5.85. The maximum absolute atomic E-state index is 13.6. The normalized spacial score (nSPS) is 16.8. The summed E-state index contributed by atoms with van der Waals surface area (Å²) in [5.41, 5.74) is 1.44. The van der Waals surface area contributed by atoms with Gasteiger partial charge in [-0.05, 0) is 24.3 Å². The Morgan fingerprint density at radius 1 is 1.09 bits per heavy atom. The molecule has 8 nitrogen and oxygen atoms in total. The summed E-state index contributed by atoms with van der Waals surface area (Å²) in [6.07, 6.45) is 4.24. The summed E-state index contributed by atoms with van der Waals surface area (Å²) in [7, 11) is 0. The van der Waals surface area contributed by atoms with Crippen LogP contribution in [0.15, 0.2) is 53.3 Å². The third-order valence-electron chi connectivity index (χ3n) is 6.44. The fraction of sp³-hybridized carbons (Fsp3) is 0.320. The van der Waals surface area contributed by atoms with Crippen molar-refractivity contribution in [3.8, 4) is 0 Å². The van der Waals surface area contributed by atoms with E-state index in [9.17, 15) is 9.59 Å². The summed E-state index contributed by atoms with van der Waals surface area (Å²) in [6.45, 7) is 5.85. The van der Waals surface area contributed by atoms with Crippen molar-refractivity contribution in [2.24, 2.45) is 0 Å². The van der Waals surface area contributed by atoms with E-state index in [-0.39, 0.29) is 16.9 Å². The molecule has 4 aromatic rings. The highest BCUT2D eigenvalue weighted by molar-refractivity contribution is 7.24. The van der Waals surface area contributed by atoms with Crippen molar-refractivity contribution in [1.82, 2.24) is 19.6 Å². The van der Waals surface area contributed by atoms with E-state index in [1.165, 1.54) is 11.3 Å². The first kappa shape index (κ1) is 21.3. The van der Waals surface area contributed by atoms with Crippen LogP contribution < -0.4 is 15.6 Å². The monoisotopic (exact) mass is 475 g/mol.